The van der Waals surface area contributed by atoms with Crippen LogP contribution in [0.4, 0.5) is 17.6 Å². The number of rotatable bonds is 5. The van der Waals surface area contributed by atoms with Gasteiger partial charge in [-0.2, -0.15) is 13.2 Å². The highest BCUT2D eigenvalue weighted by Crippen LogP contribution is 2.24. The summed E-state index contributed by atoms with van der Waals surface area (Å²) in [5, 5.41) is 15.8. The van der Waals surface area contributed by atoms with E-state index in [2.05, 4.69) is 15.2 Å². The van der Waals surface area contributed by atoms with Gasteiger partial charge in [0.25, 0.3) is 0 Å². The largest absolute Gasteiger partial charge is 0.490 e. The lowest BCUT2D eigenvalue weighted by Crippen LogP contribution is -2.34. The van der Waals surface area contributed by atoms with Gasteiger partial charge in [-0.05, 0) is 25.0 Å². The molecule has 0 amide bonds. The molecule has 0 unspecified atom stereocenters. The number of aliphatic carboxylic acids is 1. The number of ether oxygens (including phenoxy) is 1. The summed E-state index contributed by atoms with van der Waals surface area (Å²) in [6.07, 6.45) is -1.18. The van der Waals surface area contributed by atoms with Crippen LogP contribution >= 0.6 is 11.6 Å². The van der Waals surface area contributed by atoms with Crippen LogP contribution in [0.2, 0.25) is 5.02 Å². The van der Waals surface area contributed by atoms with E-state index in [4.69, 9.17) is 26.2 Å². The summed E-state index contributed by atoms with van der Waals surface area (Å²) < 4.78 is 52.6. The number of benzene rings is 1. The van der Waals surface area contributed by atoms with E-state index < -0.39 is 12.1 Å². The minimum Gasteiger partial charge on any atom is -0.475 e. The first-order chi connectivity index (χ1) is 14.1. The Morgan fingerprint density at radius 1 is 1.33 bits per heavy atom. The third kappa shape index (κ3) is 7.22. The van der Waals surface area contributed by atoms with Crippen LogP contribution in [0.5, 0.6) is 0 Å². The van der Waals surface area contributed by atoms with Gasteiger partial charge < -0.3 is 9.84 Å². The molecule has 30 heavy (non-hydrogen) atoms. The molecular weight excluding hydrogens is 432 g/mol. The topological polar surface area (TPSA) is 80.5 Å². The van der Waals surface area contributed by atoms with Crippen LogP contribution < -0.4 is 0 Å². The molecule has 0 aliphatic carbocycles. The SMILES string of the molecule is COCc1cn(C2CCN(Cc3ccc(Cl)cc3F)CC2)nn1.O=C(O)C(F)(F)F. The third-order valence-corrected chi connectivity index (χ3v) is 4.67. The second kappa shape index (κ2) is 10.7. The fraction of sp³-hybridized carbons (Fsp3) is 0.500. The zero-order valence-corrected chi connectivity index (χ0v) is 16.8. The molecule has 1 saturated heterocycles. The normalized spacial score (nSPS) is 15.5. The van der Waals surface area contributed by atoms with E-state index in [9.17, 15) is 17.6 Å². The molecular formula is C18H21ClF4N4O3. The number of carbonyl (C=O) groups is 1. The van der Waals surface area contributed by atoms with Gasteiger partial charge in [-0.3, -0.25) is 4.90 Å². The first-order valence-electron chi connectivity index (χ1n) is 8.96. The van der Waals surface area contributed by atoms with Crippen LogP contribution in [0.15, 0.2) is 24.4 Å². The van der Waals surface area contributed by atoms with Gasteiger partial charge in [0.1, 0.15) is 11.5 Å². The molecule has 0 radical (unpaired) electrons. The number of alkyl halides is 3. The second-order valence-electron chi connectivity index (χ2n) is 6.67. The van der Waals surface area contributed by atoms with E-state index in [1.165, 1.54) is 6.07 Å². The number of nitrogens with zero attached hydrogens (tertiary/aromatic N) is 4. The monoisotopic (exact) mass is 452 g/mol. The number of hydrogen-bond donors (Lipinski definition) is 1. The molecule has 7 nitrogen and oxygen atoms in total. The van der Waals surface area contributed by atoms with Gasteiger partial charge in [-0.25, -0.2) is 13.9 Å². The van der Waals surface area contributed by atoms with Crippen LogP contribution in [-0.4, -0.2) is 57.3 Å². The van der Waals surface area contributed by atoms with Gasteiger partial charge >= 0.3 is 12.1 Å². The van der Waals surface area contributed by atoms with Gasteiger partial charge in [0.15, 0.2) is 0 Å². The van der Waals surface area contributed by atoms with E-state index in [1.54, 1.807) is 19.2 Å². The van der Waals surface area contributed by atoms with Crippen molar-refractivity contribution in [3.05, 3.63) is 46.5 Å². The Morgan fingerprint density at radius 2 is 1.97 bits per heavy atom. The summed E-state index contributed by atoms with van der Waals surface area (Å²) >= 11 is 5.79. The molecule has 1 aliphatic rings. The molecule has 1 fully saturated rings. The van der Waals surface area contributed by atoms with Crippen LogP contribution in [0.25, 0.3) is 0 Å². The van der Waals surface area contributed by atoms with Gasteiger partial charge in [-0.15, -0.1) is 5.10 Å². The van der Waals surface area contributed by atoms with Crippen LogP contribution in [-0.2, 0) is 22.7 Å². The van der Waals surface area contributed by atoms with Crippen molar-refractivity contribution in [1.29, 1.82) is 0 Å². The number of carboxylic acids is 1. The van der Waals surface area contributed by atoms with E-state index in [0.29, 0.717) is 29.8 Å². The molecule has 1 aromatic heterocycles. The van der Waals surface area contributed by atoms with Crippen molar-refractivity contribution in [2.45, 2.75) is 38.2 Å². The van der Waals surface area contributed by atoms with Crippen molar-refractivity contribution < 1.29 is 32.2 Å². The highest BCUT2D eigenvalue weighted by atomic mass is 35.5. The highest BCUT2D eigenvalue weighted by Gasteiger charge is 2.38. The van der Waals surface area contributed by atoms with Gasteiger partial charge in [0, 0.05) is 37.3 Å². The molecule has 0 saturated carbocycles. The van der Waals surface area contributed by atoms with Crippen molar-refractivity contribution in [1.82, 2.24) is 19.9 Å². The smallest absolute Gasteiger partial charge is 0.475 e. The standard InChI is InChI=1S/C16H20ClFN4O.C2HF3O2/c1-23-11-14-10-22(20-19-14)15-4-6-21(7-5-15)9-12-2-3-13(17)8-16(12)18;3-2(4,5)1(6)7/h2-3,8,10,15H,4-7,9,11H2,1H3;(H,6,7). The van der Waals surface area contributed by atoms with E-state index in [1.807, 2.05) is 10.9 Å². The average molecular weight is 453 g/mol. The first kappa shape index (κ1) is 24.0. The zero-order chi connectivity index (χ0) is 22.3. The van der Waals surface area contributed by atoms with E-state index in [-0.39, 0.29) is 5.82 Å². The van der Waals surface area contributed by atoms with Crippen molar-refractivity contribution in [2.24, 2.45) is 0 Å². The molecule has 0 bridgehead atoms. The van der Waals surface area contributed by atoms with Crippen molar-refractivity contribution >= 4 is 17.6 Å². The van der Waals surface area contributed by atoms with Crippen LogP contribution in [0.1, 0.15) is 30.1 Å². The zero-order valence-electron chi connectivity index (χ0n) is 16.1. The molecule has 166 valence electrons. The minimum absolute atomic E-state index is 0.236. The maximum absolute atomic E-state index is 13.9. The Balaban J connectivity index is 0.000000396. The Hall–Kier alpha value is -2.24. The molecule has 2 heterocycles. The highest BCUT2D eigenvalue weighted by molar-refractivity contribution is 6.30. The number of methoxy groups -OCH3 is 1. The fourth-order valence-electron chi connectivity index (χ4n) is 2.94. The third-order valence-electron chi connectivity index (χ3n) is 4.43. The number of hydrogen-bond acceptors (Lipinski definition) is 5. The minimum atomic E-state index is -5.08. The van der Waals surface area contributed by atoms with Crippen molar-refractivity contribution in [3.63, 3.8) is 0 Å². The number of halogens is 5. The Morgan fingerprint density at radius 3 is 2.50 bits per heavy atom. The van der Waals surface area contributed by atoms with Gasteiger partial charge in [0.2, 0.25) is 0 Å². The molecule has 2 aromatic rings. The summed E-state index contributed by atoms with van der Waals surface area (Å²) in [5.41, 5.74) is 1.54. The lowest BCUT2D eigenvalue weighted by atomic mass is 10.0. The molecule has 12 heteroatoms. The number of aromatic nitrogens is 3. The quantitative estimate of drug-likeness (QED) is 0.697. The molecule has 0 atom stereocenters. The molecule has 0 spiro atoms. The van der Waals surface area contributed by atoms with E-state index in [0.717, 1.165) is 31.6 Å². The first-order valence-corrected chi connectivity index (χ1v) is 9.34. The Bertz CT molecular complexity index is 839. The average Bonchev–Trinajstić information content (AvgIpc) is 3.13. The summed E-state index contributed by atoms with van der Waals surface area (Å²) in [7, 11) is 1.65. The molecule has 1 aliphatic heterocycles. The maximum atomic E-state index is 13.9. The number of likely N-dealkylation sites (tertiary alicyclic amines) is 1. The van der Waals surface area contributed by atoms with Crippen LogP contribution in [0.3, 0.4) is 0 Å². The lowest BCUT2D eigenvalue weighted by Gasteiger charge is -2.31. The number of piperidine rings is 1. The van der Waals surface area contributed by atoms with E-state index >= 15 is 0 Å². The summed E-state index contributed by atoms with van der Waals surface area (Å²) in [6, 6.07) is 5.22. The van der Waals surface area contributed by atoms with Crippen LogP contribution in [0, 0.1) is 5.82 Å². The molecule has 3 rings (SSSR count). The second-order valence-corrected chi connectivity index (χ2v) is 7.11. The van der Waals surface area contributed by atoms with Gasteiger partial charge in [-0.1, -0.05) is 22.9 Å². The maximum Gasteiger partial charge on any atom is 0.490 e. The Kier molecular flexibility index (Phi) is 8.56. The predicted octanol–water partition coefficient (Wildman–Crippen LogP) is 3.69. The number of carboxylic acid groups (broad SMARTS) is 1. The Labute approximate surface area is 175 Å². The predicted molar refractivity (Wildman–Crippen MR) is 99.4 cm³/mol. The summed E-state index contributed by atoms with van der Waals surface area (Å²) in [6.45, 7) is 2.91. The van der Waals surface area contributed by atoms with Crippen molar-refractivity contribution in [3.8, 4) is 0 Å². The fourth-order valence-corrected chi connectivity index (χ4v) is 3.10. The van der Waals surface area contributed by atoms with Crippen molar-refractivity contribution in [2.75, 3.05) is 20.2 Å². The molecule has 1 aromatic carbocycles. The van der Waals surface area contributed by atoms with Gasteiger partial charge in [0.05, 0.1) is 18.8 Å². The molecule has 1 N–H and O–H groups in total. The lowest BCUT2D eigenvalue weighted by molar-refractivity contribution is -0.192. The summed E-state index contributed by atoms with van der Waals surface area (Å²) in [4.78, 5) is 11.2. The summed E-state index contributed by atoms with van der Waals surface area (Å²) in [5.74, 6) is -2.99.